The van der Waals surface area contributed by atoms with E-state index in [1.165, 1.54) is 6.07 Å². The Bertz CT molecular complexity index is 889. The third-order valence-corrected chi connectivity index (χ3v) is 4.72. The molecule has 1 unspecified atom stereocenters. The smallest absolute Gasteiger partial charge is 0.315 e. The van der Waals surface area contributed by atoms with Crippen LogP contribution < -0.4 is 16.2 Å². The minimum absolute atomic E-state index is 0.163. The molecule has 124 valence electrons. The molecule has 3 N–H and O–H groups in total. The summed E-state index contributed by atoms with van der Waals surface area (Å²) < 4.78 is 0. The molecule has 0 spiro atoms. The molecule has 7 heteroatoms. The van der Waals surface area contributed by atoms with Gasteiger partial charge < -0.3 is 15.6 Å². The number of fused-ring (bicyclic) bond motifs is 1. The van der Waals surface area contributed by atoms with Crippen LogP contribution in [-0.2, 0) is 6.54 Å². The van der Waals surface area contributed by atoms with E-state index in [4.69, 9.17) is 0 Å². The molecule has 2 amide bonds. The zero-order valence-electron chi connectivity index (χ0n) is 13.2. The number of amides is 2. The van der Waals surface area contributed by atoms with Crippen molar-refractivity contribution in [2.45, 2.75) is 19.4 Å². The van der Waals surface area contributed by atoms with Crippen molar-refractivity contribution in [1.29, 1.82) is 0 Å². The summed E-state index contributed by atoms with van der Waals surface area (Å²) in [5.74, 6) is 0.163. The highest BCUT2D eigenvalue weighted by Gasteiger charge is 2.10. The van der Waals surface area contributed by atoms with Crippen LogP contribution in [0.3, 0.4) is 0 Å². The number of para-hydroxylation sites is 1. The van der Waals surface area contributed by atoms with Crippen LogP contribution >= 0.6 is 11.3 Å². The van der Waals surface area contributed by atoms with Gasteiger partial charge in [-0.25, -0.2) is 9.78 Å². The standard InChI is InChI=1S/C17H18N4O2S/c1-11(16-18-6-7-24-16)9-19-17(23)20-10-12-8-15(22)21-14-5-3-2-4-13(12)14/h2-8,11H,9-10H2,1H3,(H,21,22)(H2,19,20,23). The van der Waals surface area contributed by atoms with Crippen molar-refractivity contribution in [3.63, 3.8) is 0 Å². The van der Waals surface area contributed by atoms with Gasteiger partial charge >= 0.3 is 6.03 Å². The lowest BCUT2D eigenvalue weighted by Crippen LogP contribution is -2.37. The minimum Gasteiger partial charge on any atom is -0.337 e. The molecule has 0 aliphatic heterocycles. The quantitative estimate of drug-likeness (QED) is 0.666. The number of benzene rings is 1. The molecule has 3 rings (SSSR count). The van der Waals surface area contributed by atoms with E-state index < -0.39 is 0 Å². The van der Waals surface area contributed by atoms with Gasteiger partial charge in [-0.3, -0.25) is 4.79 Å². The summed E-state index contributed by atoms with van der Waals surface area (Å²) in [5, 5.41) is 9.47. The topological polar surface area (TPSA) is 86.9 Å². The van der Waals surface area contributed by atoms with Crippen molar-refractivity contribution in [1.82, 2.24) is 20.6 Å². The number of H-pyrrole nitrogens is 1. The Morgan fingerprint density at radius 1 is 1.33 bits per heavy atom. The zero-order valence-corrected chi connectivity index (χ0v) is 14.0. The van der Waals surface area contributed by atoms with Crippen molar-refractivity contribution < 1.29 is 4.79 Å². The number of aromatic amines is 1. The summed E-state index contributed by atoms with van der Waals surface area (Å²) in [6, 6.07) is 8.78. The average molecular weight is 342 g/mol. The molecule has 0 bridgehead atoms. The van der Waals surface area contributed by atoms with Gasteiger partial charge in [0.15, 0.2) is 0 Å². The van der Waals surface area contributed by atoms with Crippen LogP contribution in [-0.4, -0.2) is 22.5 Å². The van der Waals surface area contributed by atoms with Crippen LogP contribution in [0.4, 0.5) is 4.79 Å². The first-order chi connectivity index (χ1) is 11.6. The van der Waals surface area contributed by atoms with Crippen molar-refractivity contribution in [2.24, 2.45) is 0 Å². The number of urea groups is 1. The number of carbonyl (C=O) groups is 1. The van der Waals surface area contributed by atoms with Gasteiger partial charge in [-0.2, -0.15) is 0 Å². The third kappa shape index (κ3) is 3.80. The summed E-state index contributed by atoms with van der Waals surface area (Å²) in [4.78, 5) is 30.7. The first-order valence-corrected chi connectivity index (χ1v) is 8.53. The largest absolute Gasteiger partial charge is 0.337 e. The Morgan fingerprint density at radius 2 is 2.17 bits per heavy atom. The summed E-state index contributed by atoms with van der Waals surface area (Å²) in [6.07, 6.45) is 1.76. The van der Waals surface area contributed by atoms with Gasteiger partial charge in [0.05, 0.1) is 5.01 Å². The van der Waals surface area contributed by atoms with E-state index in [1.54, 1.807) is 17.5 Å². The van der Waals surface area contributed by atoms with Gasteiger partial charge in [-0.05, 0) is 11.6 Å². The molecule has 3 aromatic rings. The number of nitrogens with one attached hydrogen (secondary N) is 3. The number of aromatic nitrogens is 2. The number of hydrogen-bond acceptors (Lipinski definition) is 4. The molecular formula is C17H18N4O2S. The maximum atomic E-state index is 12.0. The Balaban J connectivity index is 1.59. The molecule has 1 atom stereocenters. The summed E-state index contributed by atoms with van der Waals surface area (Å²) in [6.45, 7) is 2.82. The lowest BCUT2D eigenvalue weighted by atomic mass is 10.1. The number of pyridine rings is 1. The summed E-state index contributed by atoms with van der Waals surface area (Å²) in [5.41, 5.74) is 1.38. The highest BCUT2D eigenvalue weighted by Crippen LogP contribution is 2.16. The first kappa shape index (κ1) is 16.2. The molecular weight excluding hydrogens is 324 g/mol. The van der Waals surface area contributed by atoms with Crippen LogP contribution in [0.15, 0.2) is 46.7 Å². The first-order valence-electron chi connectivity index (χ1n) is 7.65. The molecule has 24 heavy (non-hydrogen) atoms. The molecule has 0 radical (unpaired) electrons. The number of thiazole rings is 1. The van der Waals surface area contributed by atoms with Crippen LogP contribution in [0.1, 0.15) is 23.4 Å². The predicted octanol–water partition coefficient (Wildman–Crippen LogP) is 2.59. The van der Waals surface area contributed by atoms with Crippen LogP contribution in [0.25, 0.3) is 10.9 Å². The van der Waals surface area contributed by atoms with Gasteiger partial charge in [0.1, 0.15) is 0 Å². The molecule has 0 fully saturated rings. The molecule has 0 saturated heterocycles. The van der Waals surface area contributed by atoms with Crippen molar-refractivity contribution in [2.75, 3.05) is 6.54 Å². The van der Waals surface area contributed by atoms with Gasteiger partial charge in [0.2, 0.25) is 5.56 Å². The second-order valence-corrected chi connectivity index (χ2v) is 6.47. The van der Waals surface area contributed by atoms with E-state index in [0.717, 1.165) is 21.5 Å². The zero-order chi connectivity index (χ0) is 16.9. The van der Waals surface area contributed by atoms with E-state index in [0.29, 0.717) is 13.1 Å². The third-order valence-electron chi connectivity index (χ3n) is 3.72. The minimum atomic E-state index is -0.261. The van der Waals surface area contributed by atoms with Gasteiger partial charge in [-0.15, -0.1) is 11.3 Å². The Kier molecular flexibility index (Phi) is 4.90. The van der Waals surface area contributed by atoms with E-state index in [2.05, 4.69) is 20.6 Å². The van der Waals surface area contributed by atoms with Crippen molar-refractivity contribution >= 4 is 28.3 Å². The average Bonchev–Trinajstić information content (AvgIpc) is 3.12. The highest BCUT2D eigenvalue weighted by molar-refractivity contribution is 7.09. The van der Waals surface area contributed by atoms with E-state index in [-0.39, 0.29) is 17.5 Å². The monoisotopic (exact) mass is 342 g/mol. The number of nitrogens with zero attached hydrogens (tertiary/aromatic N) is 1. The molecule has 0 saturated carbocycles. The molecule has 2 aromatic heterocycles. The van der Waals surface area contributed by atoms with Gasteiger partial charge in [-0.1, -0.05) is 25.1 Å². The fourth-order valence-electron chi connectivity index (χ4n) is 2.47. The second kappa shape index (κ2) is 7.27. The summed E-state index contributed by atoms with van der Waals surface area (Å²) in [7, 11) is 0. The van der Waals surface area contributed by atoms with Crippen LogP contribution in [0, 0.1) is 0 Å². The lowest BCUT2D eigenvalue weighted by Gasteiger charge is -2.12. The molecule has 6 nitrogen and oxygen atoms in total. The van der Waals surface area contributed by atoms with Crippen molar-refractivity contribution in [3.05, 3.63) is 62.8 Å². The van der Waals surface area contributed by atoms with Crippen LogP contribution in [0.5, 0.6) is 0 Å². The van der Waals surface area contributed by atoms with Crippen LogP contribution in [0.2, 0.25) is 0 Å². The fraction of sp³-hybridized carbons (Fsp3) is 0.235. The summed E-state index contributed by atoms with van der Waals surface area (Å²) >= 11 is 1.57. The lowest BCUT2D eigenvalue weighted by molar-refractivity contribution is 0.240. The van der Waals surface area contributed by atoms with E-state index >= 15 is 0 Å². The van der Waals surface area contributed by atoms with E-state index in [1.807, 2.05) is 36.6 Å². The Morgan fingerprint density at radius 3 is 2.96 bits per heavy atom. The number of rotatable bonds is 5. The predicted molar refractivity (Wildman–Crippen MR) is 95.3 cm³/mol. The molecule has 0 aliphatic carbocycles. The second-order valence-electron chi connectivity index (χ2n) is 5.54. The Labute approximate surface area is 142 Å². The molecule has 0 aliphatic rings. The number of carbonyl (C=O) groups excluding carboxylic acids is 1. The van der Waals surface area contributed by atoms with Crippen molar-refractivity contribution in [3.8, 4) is 0 Å². The highest BCUT2D eigenvalue weighted by atomic mass is 32.1. The fourth-order valence-corrected chi connectivity index (χ4v) is 3.17. The van der Waals surface area contributed by atoms with Gasteiger partial charge in [0, 0.05) is 47.6 Å². The molecule has 2 heterocycles. The normalized spacial score (nSPS) is 12.0. The SMILES string of the molecule is CC(CNC(=O)NCc1cc(=O)[nH]c2ccccc12)c1nccs1. The van der Waals surface area contributed by atoms with Gasteiger partial charge in [0.25, 0.3) is 0 Å². The maximum Gasteiger partial charge on any atom is 0.315 e. The number of hydrogen-bond donors (Lipinski definition) is 3. The Hall–Kier alpha value is -2.67. The molecule has 1 aromatic carbocycles. The van der Waals surface area contributed by atoms with E-state index in [9.17, 15) is 9.59 Å². The maximum absolute atomic E-state index is 12.0.